The lowest BCUT2D eigenvalue weighted by Gasteiger charge is -2.14. The Bertz CT molecular complexity index is 262. The quantitative estimate of drug-likeness (QED) is 0.710. The molecule has 1 nitrogen and oxygen atoms in total. The molecule has 2 rings (SSSR count). The van der Waals surface area contributed by atoms with Gasteiger partial charge in [0.15, 0.2) is 0 Å². The number of hydrogen-bond acceptors (Lipinski definition) is 2. The van der Waals surface area contributed by atoms with Crippen LogP contribution in [0.2, 0.25) is 0 Å². The summed E-state index contributed by atoms with van der Waals surface area (Å²) in [4.78, 5) is 1.56. The van der Waals surface area contributed by atoms with Gasteiger partial charge in [-0.25, -0.2) is 0 Å². The molecule has 1 heterocycles. The van der Waals surface area contributed by atoms with Crippen LogP contribution in [0.1, 0.15) is 31.1 Å². The highest BCUT2D eigenvalue weighted by atomic mass is 32.1. The van der Waals surface area contributed by atoms with Gasteiger partial charge in [-0.3, -0.25) is 0 Å². The summed E-state index contributed by atoms with van der Waals surface area (Å²) >= 11 is 1.90. The maximum Gasteiger partial charge on any atom is 0.00512 e. The van der Waals surface area contributed by atoms with Crippen LogP contribution in [0, 0.1) is 5.41 Å². The second kappa shape index (κ2) is 4.45. The summed E-state index contributed by atoms with van der Waals surface area (Å²) in [5.74, 6) is 0. The summed E-state index contributed by atoms with van der Waals surface area (Å²) in [6.07, 6.45) is 5.37. The normalized spacial score (nSPS) is 18.4. The van der Waals surface area contributed by atoms with Crippen molar-refractivity contribution in [2.45, 2.75) is 32.6 Å². The maximum atomic E-state index is 3.55. The predicted octanol–water partition coefficient (Wildman–Crippen LogP) is 3.07. The van der Waals surface area contributed by atoms with Crippen molar-refractivity contribution in [2.24, 2.45) is 5.41 Å². The van der Waals surface area contributed by atoms with Crippen LogP contribution in [0.25, 0.3) is 0 Å². The number of rotatable bonds is 6. The Hall–Kier alpha value is -0.340. The van der Waals surface area contributed by atoms with E-state index in [1.54, 1.807) is 4.88 Å². The smallest absolute Gasteiger partial charge is 0.00512 e. The van der Waals surface area contributed by atoms with Gasteiger partial charge < -0.3 is 5.32 Å². The highest BCUT2D eigenvalue weighted by molar-refractivity contribution is 7.09. The Morgan fingerprint density at radius 3 is 2.93 bits per heavy atom. The minimum Gasteiger partial charge on any atom is -0.316 e. The minimum atomic E-state index is 0.625. The fraction of sp³-hybridized carbons (Fsp3) is 0.667. The van der Waals surface area contributed by atoms with Gasteiger partial charge in [0.1, 0.15) is 0 Å². The van der Waals surface area contributed by atoms with Crippen LogP contribution < -0.4 is 5.32 Å². The topological polar surface area (TPSA) is 12.0 Å². The first-order valence-corrected chi connectivity index (χ1v) is 6.46. The molecule has 0 atom stereocenters. The highest BCUT2D eigenvalue weighted by Gasteiger charge is 2.41. The third-order valence-electron chi connectivity index (χ3n) is 3.01. The molecule has 1 aliphatic rings. The van der Waals surface area contributed by atoms with Gasteiger partial charge in [0, 0.05) is 11.4 Å². The molecule has 0 aromatic carbocycles. The summed E-state index contributed by atoms with van der Waals surface area (Å²) in [7, 11) is 0. The highest BCUT2D eigenvalue weighted by Crippen LogP contribution is 2.48. The van der Waals surface area contributed by atoms with Crippen LogP contribution >= 0.6 is 11.3 Å². The molecule has 0 saturated heterocycles. The molecule has 1 aromatic heterocycles. The molecule has 14 heavy (non-hydrogen) atoms. The van der Waals surface area contributed by atoms with Crippen LogP contribution in [0.4, 0.5) is 0 Å². The van der Waals surface area contributed by atoms with Gasteiger partial charge in [-0.05, 0) is 49.1 Å². The molecule has 0 unspecified atom stereocenters. The van der Waals surface area contributed by atoms with Crippen molar-refractivity contribution in [3.05, 3.63) is 22.4 Å². The maximum absolute atomic E-state index is 3.55. The largest absolute Gasteiger partial charge is 0.316 e. The molecule has 0 bridgehead atoms. The van der Waals surface area contributed by atoms with Crippen LogP contribution in [0.3, 0.4) is 0 Å². The van der Waals surface area contributed by atoms with Crippen LogP contribution in [0.5, 0.6) is 0 Å². The van der Waals surface area contributed by atoms with Crippen LogP contribution in [-0.4, -0.2) is 13.1 Å². The summed E-state index contributed by atoms with van der Waals surface area (Å²) in [5, 5.41) is 5.74. The molecule has 78 valence electrons. The first-order valence-electron chi connectivity index (χ1n) is 5.58. The SMILES string of the molecule is CCCNCC1(Cc2cccs2)CC1. The zero-order chi connectivity index (χ0) is 9.86. The summed E-state index contributed by atoms with van der Waals surface area (Å²) in [6, 6.07) is 4.43. The molecule has 0 radical (unpaired) electrons. The first-order chi connectivity index (χ1) is 6.85. The molecule has 0 amide bonds. The van der Waals surface area contributed by atoms with E-state index in [9.17, 15) is 0 Å². The van der Waals surface area contributed by atoms with E-state index in [0.717, 1.165) is 0 Å². The Labute approximate surface area is 90.5 Å². The molecule has 1 fully saturated rings. The van der Waals surface area contributed by atoms with E-state index in [-0.39, 0.29) is 0 Å². The van der Waals surface area contributed by atoms with Gasteiger partial charge in [-0.15, -0.1) is 11.3 Å². The van der Waals surface area contributed by atoms with Crippen molar-refractivity contribution >= 4 is 11.3 Å². The molecule has 0 spiro atoms. The van der Waals surface area contributed by atoms with Gasteiger partial charge in [-0.2, -0.15) is 0 Å². The third-order valence-corrected chi connectivity index (χ3v) is 3.89. The minimum absolute atomic E-state index is 0.625. The molecule has 1 saturated carbocycles. The molecular weight excluding hydrogens is 190 g/mol. The van der Waals surface area contributed by atoms with Crippen LogP contribution in [0.15, 0.2) is 17.5 Å². The van der Waals surface area contributed by atoms with Crippen molar-refractivity contribution in [3.63, 3.8) is 0 Å². The average Bonchev–Trinajstić information content (AvgIpc) is 2.75. The number of thiophene rings is 1. The van der Waals surface area contributed by atoms with Crippen molar-refractivity contribution in [1.82, 2.24) is 5.32 Å². The second-order valence-corrected chi connectivity index (χ2v) is 5.47. The Morgan fingerprint density at radius 2 is 2.36 bits per heavy atom. The van der Waals surface area contributed by atoms with Crippen molar-refractivity contribution in [1.29, 1.82) is 0 Å². The van der Waals surface area contributed by atoms with E-state index >= 15 is 0 Å². The lowest BCUT2D eigenvalue weighted by atomic mass is 10.0. The monoisotopic (exact) mass is 209 g/mol. The Balaban J connectivity index is 1.79. The summed E-state index contributed by atoms with van der Waals surface area (Å²) < 4.78 is 0. The third kappa shape index (κ3) is 2.58. The zero-order valence-corrected chi connectivity index (χ0v) is 9.70. The fourth-order valence-corrected chi connectivity index (χ4v) is 2.78. The summed E-state index contributed by atoms with van der Waals surface area (Å²) in [5.41, 5.74) is 0.625. The van der Waals surface area contributed by atoms with Gasteiger partial charge in [-0.1, -0.05) is 13.0 Å². The Kier molecular flexibility index (Phi) is 3.24. The summed E-state index contributed by atoms with van der Waals surface area (Å²) in [6.45, 7) is 4.62. The lowest BCUT2D eigenvalue weighted by Crippen LogP contribution is -2.25. The van der Waals surface area contributed by atoms with Crippen molar-refractivity contribution in [2.75, 3.05) is 13.1 Å². The van der Waals surface area contributed by atoms with Gasteiger partial charge >= 0.3 is 0 Å². The standard InChI is InChI=1S/C12H19NS/c1-2-7-13-10-12(5-6-12)9-11-4-3-8-14-11/h3-4,8,13H,2,5-7,9-10H2,1H3. The van der Waals surface area contributed by atoms with Gasteiger partial charge in [0.25, 0.3) is 0 Å². The molecule has 1 N–H and O–H groups in total. The molecule has 1 aromatic rings. The number of hydrogen-bond donors (Lipinski definition) is 1. The molecular formula is C12H19NS. The lowest BCUT2D eigenvalue weighted by molar-refractivity contribution is 0.458. The van der Waals surface area contributed by atoms with Crippen molar-refractivity contribution < 1.29 is 0 Å². The van der Waals surface area contributed by atoms with Gasteiger partial charge in [0.05, 0.1) is 0 Å². The van der Waals surface area contributed by atoms with E-state index < -0.39 is 0 Å². The van der Waals surface area contributed by atoms with E-state index in [1.807, 2.05) is 11.3 Å². The van der Waals surface area contributed by atoms with Gasteiger partial charge in [0.2, 0.25) is 0 Å². The average molecular weight is 209 g/mol. The zero-order valence-electron chi connectivity index (χ0n) is 8.88. The predicted molar refractivity (Wildman–Crippen MR) is 62.9 cm³/mol. The molecule has 1 aliphatic carbocycles. The second-order valence-electron chi connectivity index (χ2n) is 4.43. The van der Waals surface area contributed by atoms with E-state index in [0.29, 0.717) is 5.41 Å². The molecule has 0 aliphatic heterocycles. The van der Waals surface area contributed by atoms with E-state index in [4.69, 9.17) is 0 Å². The number of nitrogens with one attached hydrogen (secondary N) is 1. The fourth-order valence-electron chi connectivity index (χ4n) is 1.91. The Morgan fingerprint density at radius 1 is 1.50 bits per heavy atom. The van der Waals surface area contributed by atoms with E-state index in [1.165, 1.54) is 38.8 Å². The first kappa shape index (κ1) is 10.2. The van der Waals surface area contributed by atoms with E-state index in [2.05, 4.69) is 29.8 Å². The van der Waals surface area contributed by atoms with Crippen LogP contribution in [-0.2, 0) is 6.42 Å². The van der Waals surface area contributed by atoms with Crippen molar-refractivity contribution in [3.8, 4) is 0 Å². The molecule has 2 heteroatoms.